The van der Waals surface area contributed by atoms with E-state index in [1.165, 1.54) is 32.5 Å². The Morgan fingerprint density at radius 3 is 2.83 bits per heavy atom. The van der Waals surface area contributed by atoms with E-state index in [9.17, 15) is 0 Å². The molecule has 2 aliphatic heterocycles. The van der Waals surface area contributed by atoms with Crippen molar-refractivity contribution < 1.29 is 4.74 Å². The van der Waals surface area contributed by atoms with Gasteiger partial charge in [-0.05, 0) is 24.8 Å². The number of epoxide rings is 1. The molecule has 0 bridgehead atoms. The van der Waals surface area contributed by atoms with Crippen LogP contribution in [-0.4, -0.2) is 37.2 Å². The zero-order valence-corrected chi connectivity index (χ0v) is 8.18. The predicted molar refractivity (Wildman–Crippen MR) is 49.2 cm³/mol. The van der Waals surface area contributed by atoms with Crippen molar-refractivity contribution in [3.8, 4) is 0 Å². The van der Waals surface area contributed by atoms with Gasteiger partial charge in [0.25, 0.3) is 0 Å². The fraction of sp³-hybridized carbons (Fsp3) is 1.00. The summed E-state index contributed by atoms with van der Waals surface area (Å²) in [6, 6.07) is 0. The second-order valence-corrected chi connectivity index (χ2v) is 4.96. The zero-order chi connectivity index (χ0) is 8.60. The van der Waals surface area contributed by atoms with Gasteiger partial charge in [-0.15, -0.1) is 0 Å². The minimum Gasteiger partial charge on any atom is -0.372 e. The monoisotopic (exact) mass is 169 g/mol. The molecule has 70 valence electrons. The molecular weight excluding hydrogens is 150 g/mol. The molecule has 0 spiro atoms. The van der Waals surface area contributed by atoms with Crippen molar-refractivity contribution in [2.75, 3.05) is 26.2 Å². The summed E-state index contributed by atoms with van der Waals surface area (Å²) in [5.41, 5.74) is 0.535. The largest absolute Gasteiger partial charge is 0.372 e. The molecule has 2 heteroatoms. The minimum atomic E-state index is 0.535. The lowest BCUT2D eigenvalue weighted by Gasteiger charge is -2.37. The number of hydrogen-bond donors (Lipinski definition) is 0. The average Bonchev–Trinajstić information content (AvgIpc) is 2.69. The molecule has 0 N–H and O–H groups in total. The van der Waals surface area contributed by atoms with Crippen LogP contribution in [0.25, 0.3) is 0 Å². The van der Waals surface area contributed by atoms with E-state index in [2.05, 4.69) is 18.7 Å². The molecule has 0 aromatic heterocycles. The third kappa shape index (κ3) is 2.20. The maximum atomic E-state index is 5.24. The molecule has 0 radical (unpaired) electrons. The highest BCUT2D eigenvalue weighted by atomic mass is 16.6. The highest BCUT2D eigenvalue weighted by molar-refractivity contribution is 4.83. The van der Waals surface area contributed by atoms with Crippen molar-refractivity contribution in [1.82, 2.24) is 4.90 Å². The van der Waals surface area contributed by atoms with Crippen molar-refractivity contribution in [3.05, 3.63) is 0 Å². The van der Waals surface area contributed by atoms with Gasteiger partial charge in [0.05, 0.1) is 12.7 Å². The number of piperidine rings is 1. The van der Waals surface area contributed by atoms with Gasteiger partial charge >= 0.3 is 0 Å². The van der Waals surface area contributed by atoms with Crippen LogP contribution in [-0.2, 0) is 4.74 Å². The standard InChI is InChI=1S/C10H19NO/c1-10(2)4-3-5-11(8-10)6-9-7-12-9/h9H,3-8H2,1-2H3/t9-/m0/s1. The quantitative estimate of drug-likeness (QED) is 0.582. The summed E-state index contributed by atoms with van der Waals surface area (Å²) in [6.07, 6.45) is 3.31. The van der Waals surface area contributed by atoms with Gasteiger partial charge in [0.2, 0.25) is 0 Å². The van der Waals surface area contributed by atoms with Crippen molar-refractivity contribution in [3.63, 3.8) is 0 Å². The van der Waals surface area contributed by atoms with Crippen LogP contribution in [0.5, 0.6) is 0 Å². The lowest BCUT2D eigenvalue weighted by Crippen LogP contribution is -2.41. The van der Waals surface area contributed by atoms with E-state index in [0.717, 1.165) is 6.61 Å². The van der Waals surface area contributed by atoms with Crippen molar-refractivity contribution in [2.24, 2.45) is 5.41 Å². The molecule has 0 unspecified atom stereocenters. The summed E-state index contributed by atoms with van der Waals surface area (Å²) in [5, 5.41) is 0. The second-order valence-electron chi connectivity index (χ2n) is 4.96. The van der Waals surface area contributed by atoms with Crippen LogP contribution in [0.3, 0.4) is 0 Å². The first kappa shape index (κ1) is 8.52. The van der Waals surface area contributed by atoms with Crippen LogP contribution in [0.2, 0.25) is 0 Å². The summed E-state index contributed by atoms with van der Waals surface area (Å²) in [7, 11) is 0. The van der Waals surface area contributed by atoms with Crippen LogP contribution in [0.4, 0.5) is 0 Å². The maximum Gasteiger partial charge on any atom is 0.0936 e. The predicted octanol–water partition coefficient (Wildman–Crippen LogP) is 1.51. The van der Waals surface area contributed by atoms with Crippen LogP contribution in [0, 0.1) is 5.41 Å². The number of ether oxygens (including phenoxy) is 1. The van der Waals surface area contributed by atoms with E-state index in [1.54, 1.807) is 0 Å². The first-order valence-electron chi connectivity index (χ1n) is 5.00. The van der Waals surface area contributed by atoms with E-state index >= 15 is 0 Å². The molecule has 2 aliphatic rings. The van der Waals surface area contributed by atoms with Crippen LogP contribution in [0.1, 0.15) is 26.7 Å². The van der Waals surface area contributed by atoms with Gasteiger partial charge < -0.3 is 9.64 Å². The fourth-order valence-corrected chi connectivity index (χ4v) is 2.16. The molecule has 2 fully saturated rings. The van der Waals surface area contributed by atoms with Gasteiger partial charge in [-0.1, -0.05) is 13.8 Å². The van der Waals surface area contributed by atoms with Gasteiger partial charge in [0, 0.05) is 13.1 Å². The topological polar surface area (TPSA) is 15.8 Å². The van der Waals surface area contributed by atoms with E-state index < -0.39 is 0 Å². The van der Waals surface area contributed by atoms with Gasteiger partial charge in [-0.25, -0.2) is 0 Å². The molecule has 2 heterocycles. The third-order valence-corrected chi connectivity index (χ3v) is 2.84. The first-order valence-corrected chi connectivity index (χ1v) is 5.00. The van der Waals surface area contributed by atoms with E-state index in [0.29, 0.717) is 11.5 Å². The van der Waals surface area contributed by atoms with Crippen molar-refractivity contribution >= 4 is 0 Å². The van der Waals surface area contributed by atoms with Gasteiger partial charge in [-0.2, -0.15) is 0 Å². The Hall–Kier alpha value is -0.0800. The SMILES string of the molecule is CC1(C)CCCN(C[C@H]2CO2)C1. The molecule has 12 heavy (non-hydrogen) atoms. The highest BCUT2D eigenvalue weighted by Crippen LogP contribution is 2.29. The summed E-state index contributed by atoms with van der Waals surface area (Å²) in [4.78, 5) is 2.56. The minimum absolute atomic E-state index is 0.535. The fourth-order valence-electron chi connectivity index (χ4n) is 2.16. The van der Waals surface area contributed by atoms with Crippen LogP contribution < -0.4 is 0 Å². The zero-order valence-electron chi connectivity index (χ0n) is 8.18. The third-order valence-electron chi connectivity index (χ3n) is 2.84. The first-order chi connectivity index (χ1) is 5.66. The van der Waals surface area contributed by atoms with E-state index in [-0.39, 0.29) is 0 Å². The number of rotatable bonds is 2. The number of nitrogens with zero attached hydrogens (tertiary/aromatic N) is 1. The smallest absolute Gasteiger partial charge is 0.0936 e. The Morgan fingerprint density at radius 2 is 2.25 bits per heavy atom. The van der Waals surface area contributed by atoms with E-state index in [1.807, 2.05) is 0 Å². The summed E-state index contributed by atoms with van der Waals surface area (Å²) in [5.74, 6) is 0. The molecule has 2 saturated heterocycles. The maximum absolute atomic E-state index is 5.24. The molecule has 0 aromatic carbocycles. The Balaban J connectivity index is 1.81. The Morgan fingerprint density at radius 1 is 1.50 bits per heavy atom. The summed E-state index contributed by atoms with van der Waals surface area (Å²) < 4.78 is 5.24. The Labute approximate surface area is 74.9 Å². The number of likely N-dealkylation sites (tertiary alicyclic amines) is 1. The molecule has 0 saturated carbocycles. The molecule has 0 amide bonds. The molecule has 2 nitrogen and oxygen atoms in total. The second kappa shape index (κ2) is 3.00. The summed E-state index contributed by atoms with van der Waals surface area (Å²) >= 11 is 0. The number of hydrogen-bond acceptors (Lipinski definition) is 2. The Kier molecular flexibility index (Phi) is 2.13. The van der Waals surface area contributed by atoms with Gasteiger partial charge in [0.1, 0.15) is 0 Å². The van der Waals surface area contributed by atoms with Gasteiger partial charge in [-0.3, -0.25) is 0 Å². The van der Waals surface area contributed by atoms with Crippen molar-refractivity contribution in [2.45, 2.75) is 32.8 Å². The molecule has 2 rings (SSSR count). The van der Waals surface area contributed by atoms with E-state index in [4.69, 9.17) is 4.74 Å². The van der Waals surface area contributed by atoms with Crippen LogP contribution >= 0.6 is 0 Å². The van der Waals surface area contributed by atoms with Crippen molar-refractivity contribution in [1.29, 1.82) is 0 Å². The molecule has 0 aliphatic carbocycles. The lowest BCUT2D eigenvalue weighted by atomic mass is 9.84. The van der Waals surface area contributed by atoms with Crippen LogP contribution in [0.15, 0.2) is 0 Å². The lowest BCUT2D eigenvalue weighted by molar-refractivity contribution is 0.110. The normalized spacial score (nSPS) is 35.0. The highest BCUT2D eigenvalue weighted by Gasteiger charge is 2.31. The average molecular weight is 169 g/mol. The molecule has 0 aromatic rings. The molecular formula is C10H19NO. The Bertz CT molecular complexity index is 163. The van der Waals surface area contributed by atoms with Gasteiger partial charge in [0.15, 0.2) is 0 Å². The molecule has 1 atom stereocenters. The summed E-state index contributed by atoms with van der Waals surface area (Å²) in [6.45, 7) is 9.44.